The minimum atomic E-state index is -0.723. The van der Waals surface area contributed by atoms with E-state index in [0.717, 1.165) is 37.0 Å². The van der Waals surface area contributed by atoms with E-state index in [4.69, 9.17) is 11.2 Å². The fourth-order valence-electron chi connectivity index (χ4n) is 7.87. The van der Waals surface area contributed by atoms with E-state index in [9.17, 15) is 4.79 Å². The number of hydrogen-bond acceptors (Lipinski definition) is 2. The number of esters is 1. The molecule has 164 valence electrons. The van der Waals surface area contributed by atoms with E-state index in [1.165, 1.54) is 44.1 Å². The Kier molecular flexibility index (Phi) is 5.49. The molecule has 2 nitrogen and oxygen atoms in total. The highest BCUT2D eigenvalue weighted by molar-refractivity contribution is 5.71. The minimum absolute atomic E-state index is 0.0821. The molecule has 0 aromatic heterocycles. The van der Waals surface area contributed by atoms with Gasteiger partial charge in [-0.15, -0.1) is 6.42 Å². The zero-order valence-corrected chi connectivity index (χ0v) is 18.9. The number of hydrogen-bond donors (Lipinski definition) is 0. The summed E-state index contributed by atoms with van der Waals surface area (Å²) in [5.74, 6) is 5.88. The smallest absolute Gasteiger partial charge is 0.307 e. The van der Waals surface area contributed by atoms with Gasteiger partial charge in [-0.05, 0) is 93.4 Å². The molecule has 0 spiro atoms. The van der Waals surface area contributed by atoms with Gasteiger partial charge in [0, 0.05) is 11.8 Å². The average molecular weight is 417 g/mol. The first-order valence-corrected chi connectivity index (χ1v) is 12.5. The Morgan fingerprint density at radius 1 is 1.13 bits per heavy atom. The second-order valence-corrected chi connectivity index (χ2v) is 10.7. The summed E-state index contributed by atoms with van der Waals surface area (Å²) in [4.78, 5) is 12.9. The third kappa shape index (κ3) is 3.45. The molecular weight excluding hydrogens is 380 g/mol. The number of terminal acetylenes is 1. The van der Waals surface area contributed by atoms with Crippen molar-refractivity contribution in [1.29, 1.82) is 0 Å². The molecule has 0 N–H and O–H groups in total. The second-order valence-electron chi connectivity index (χ2n) is 10.7. The van der Waals surface area contributed by atoms with E-state index in [-0.39, 0.29) is 11.4 Å². The molecule has 3 saturated carbocycles. The predicted octanol–water partition coefficient (Wildman–Crippen LogP) is 6.50. The quantitative estimate of drug-likeness (QED) is 0.318. The lowest BCUT2D eigenvalue weighted by Gasteiger charge is -2.55. The van der Waals surface area contributed by atoms with E-state index in [1.54, 1.807) is 5.57 Å². The van der Waals surface area contributed by atoms with E-state index in [2.05, 4.69) is 31.1 Å². The zero-order valence-electron chi connectivity index (χ0n) is 18.9. The van der Waals surface area contributed by atoms with Gasteiger partial charge in [0.05, 0.1) is 0 Å². The number of allylic oxidation sites excluding steroid dienone is 2. The number of carbonyl (C=O) groups is 1. The van der Waals surface area contributed by atoms with Gasteiger partial charge in [0.25, 0.3) is 0 Å². The molecule has 6 atom stereocenters. The van der Waals surface area contributed by atoms with Crippen LogP contribution in [-0.4, -0.2) is 11.6 Å². The predicted molar refractivity (Wildman–Crippen MR) is 124 cm³/mol. The minimum Gasteiger partial charge on any atom is -0.445 e. The summed E-state index contributed by atoms with van der Waals surface area (Å²) >= 11 is 0. The van der Waals surface area contributed by atoms with Gasteiger partial charge in [0.2, 0.25) is 0 Å². The van der Waals surface area contributed by atoms with Crippen LogP contribution in [-0.2, 0) is 16.0 Å². The molecule has 3 fully saturated rings. The molecule has 0 amide bonds. The van der Waals surface area contributed by atoms with E-state index in [1.807, 2.05) is 18.2 Å². The maximum absolute atomic E-state index is 12.9. The summed E-state index contributed by atoms with van der Waals surface area (Å²) in [6.07, 6.45) is 20.7. The number of carbonyl (C=O) groups excluding carboxylic acids is 1. The number of fused-ring (bicyclic) bond motifs is 5. The molecule has 4 aliphatic carbocycles. The second kappa shape index (κ2) is 8.16. The van der Waals surface area contributed by atoms with Crippen LogP contribution in [0.2, 0.25) is 0 Å². The van der Waals surface area contributed by atoms with Crippen LogP contribution < -0.4 is 0 Å². The Morgan fingerprint density at radius 2 is 1.97 bits per heavy atom. The normalized spacial score (nSPS) is 38.8. The lowest BCUT2D eigenvalue weighted by atomic mass is 9.50. The van der Waals surface area contributed by atoms with Crippen molar-refractivity contribution in [3.05, 3.63) is 47.5 Å². The van der Waals surface area contributed by atoms with Gasteiger partial charge >= 0.3 is 5.97 Å². The molecule has 1 aromatic carbocycles. The van der Waals surface area contributed by atoms with Crippen LogP contribution in [0.25, 0.3) is 0 Å². The summed E-state index contributed by atoms with van der Waals surface area (Å²) in [7, 11) is 0. The summed E-state index contributed by atoms with van der Waals surface area (Å²) in [5.41, 5.74) is 2.12. The highest BCUT2D eigenvalue weighted by atomic mass is 16.6. The Bertz CT molecular complexity index is 893. The molecule has 31 heavy (non-hydrogen) atoms. The third-order valence-corrected chi connectivity index (χ3v) is 9.48. The molecular formula is C29H36O2. The zero-order chi connectivity index (χ0) is 21.5. The number of rotatable bonds is 4. The highest BCUT2D eigenvalue weighted by Crippen LogP contribution is 2.65. The van der Waals surface area contributed by atoms with Crippen molar-refractivity contribution in [3.8, 4) is 12.3 Å². The standard InChI is InChI=1S/C29H36O2/c1-3-29(31-27(30)16-13-21-9-5-4-6-10-21)20-18-26-25-15-14-22-11-7-8-12-23(22)24(25)17-19-28(26,29)2/h1,4-6,9-11,23-26H,7-8,12-20H2,2H3/t23-,24+,25+,26-,28-,29-/m0/s1. The van der Waals surface area contributed by atoms with Gasteiger partial charge < -0.3 is 4.74 Å². The van der Waals surface area contributed by atoms with Crippen LogP contribution >= 0.6 is 0 Å². The molecule has 1 aromatic rings. The molecule has 0 bridgehead atoms. The largest absolute Gasteiger partial charge is 0.445 e. The van der Waals surface area contributed by atoms with Gasteiger partial charge in [0.15, 0.2) is 5.60 Å². The van der Waals surface area contributed by atoms with Gasteiger partial charge in [0.1, 0.15) is 0 Å². The number of ether oxygens (including phenoxy) is 1. The number of benzene rings is 1. The van der Waals surface area contributed by atoms with Crippen molar-refractivity contribution in [3.63, 3.8) is 0 Å². The summed E-state index contributed by atoms with van der Waals surface area (Å²) in [5, 5.41) is 0. The van der Waals surface area contributed by atoms with Gasteiger partial charge in [-0.3, -0.25) is 4.79 Å². The first-order valence-electron chi connectivity index (χ1n) is 12.5. The Morgan fingerprint density at radius 3 is 2.77 bits per heavy atom. The summed E-state index contributed by atoms with van der Waals surface area (Å²) < 4.78 is 6.24. The molecule has 2 heteroatoms. The van der Waals surface area contributed by atoms with Crippen LogP contribution in [0.1, 0.15) is 76.7 Å². The third-order valence-electron chi connectivity index (χ3n) is 9.48. The molecule has 0 unspecified atom stereocenters. The van der Waals surface area contributed by atoms with Crippen molar-refractivity contribution < 1.29 is 9.53 Å². The Hall–Kier alpha value is -2.01. The van der Waals surface area contributed by atoms with E-state index < -0.39 is 5.60 Å². The monoisotopic (exact) mass is 416 g/mol. The van der Waals surface area contributed by atoms with Gasteiger partial charge in [-0.1, -0.05) is 54.8 Å². The van der Waals surface area contributed by atoms with Crippen LogP contribution in [0.3, 0.4) is 0 Å². The van der Waals surface area contributed by atoms with Gasteiger partial charge in [-0.2, -0.15) is 0 Å². The summed E-state index contributed by atoms with van der Waals surface area (Å²) in [6.45, 7) is 2.34. The van der Waals surface area contributed by atoms with Crippen LogP contribution in [0.4, 0.5) is 0 Å². The SMILES string of the molecule is C#C[C@]1(OC(=O)CCc2ccccc2)CC[C@H]2[C@@H]3CCC4=CCCC[C@@H]4[C@H]3CC[C@@]21C. The number of aryl methyl sites for hydroxylation is 1. The fourth-order valence-corrected chi connectivity index (χ4v) is 7.87. The van der Waals surface area contributed by atoms with Crippen LogP contribution in [0.5, 0.6) is 0 Å². The topological polar surface area (TPSA) is 26.3 Å². The lowest BCUT2D eigenvalue weighted by molar-refractivity contribution is -0.170. The van der Waals surface area contributed by atoms with Crippen molar-refractivity contribution in [1.82, 2.24) is 0 Å². The molecule has 0 saturated heterocycles. The maximum Gasteiger partial charge on any atom is 0.307 e. The van der Waals surface area contributed by atoms with Crippen molar-refractivity contribution >= 4 is 5.97 Å². The Balaban J connectivity index is 1.31. The van der Waals surface area contributed by atoms with E-state index >= 15 is 0 Å². The van der Waals surface area contributed by atoms with Crippen molar-refractivity contribution in [2.24, 2.45) is 29.1 Å². The van der Waals surface area contributed by atoms with Gasteiger partial charge in [-0.25, -0.2) is 0 Å². The maximum atomic E-state index is 12.9. The molecule has 0 aliphatic heterocycles. The van der Waals surface area contributed by atoms with Crippen molar-refractivity contribution in [2.75, 3.05) is 0 Å². The average Bonchev–Trinajstić information content (AvgIpc) is 3.10. The highest BCUT2D eigenvalue weighted by Gasteiger charge is 2.64. The molecule has 5 rings (SSSR count). The lowest BCUT2D eigenvalue weighted by Crippen LogP contribution is -2.53. The van der Waals surface area contributed by atoms with E-state index in [0.29, 0.717) is 18.8 Å². The summed E-state index contributed by atoms with van der Waals surface area (Å²) in [6, 6.07) is 10.2. The molecule has 0 heterocycles. The first-order chi connectivity index (χ1) is 15.1. The fraction of sp³-hybridized carbons (Fsp3) is 0.621. The molecule has 0 radical (unpaired) electrons. The Labute approximate surface area is 187 Å². The van der Waals surface area contributed by atoms with Crippen LogP contribution in [0.15, 0.2) is 42.0 Å². The van der Waals surface area contributed by atoms with Crippen LogP contribution in [0, 0.1) is 41.4 Å². The molecule has 4 aliphatic rings. The first kappa shape index (κ1) is 20.9. The van der Waals surface area contributed by atoms with Crippen molar-refractivity contribution in [2.45, 2.75) is 83.2 Å².